The molecule has 0 saturated heterocycles. The first-order valence-corrected chi connectivity index (χ1v) is 8.28. The smallest absolute Gasteiger partial charge is 0.203 e. The van der Waals surface area contributed by atoms with Crippen LogP contribution in [-0.4, -0.2) is 22.7 Å². The number of nitrogens with zero attached hydrogens (tertiary/aromatic N) is 3. The topological polar surface area (TPSA) is 67.9 Å². The monoisotopic (exact) mass is 357 g/mol. The molecule has 0 aliphatic rings. The predicted molar refractivity (Wildman–Crippen MR) is 97.7 cm³/mol. The van der Waals surface area contributed by atoms with E-state index in [9.17, 15) is 10.1 Å². The molecule has 0 saturated carbocycles. The fourth-order valence-electron chi connectivity index (χ4n) is 2.41. The molecule has 0 fully saturated rings. The summed E-state index contributed by atoms with van der Waals surface area (Å²) in [6, 6.07) is 8.66. The molecule has 0 amide bonds. The summed E-state index contributed by atoms with van der Waals surface area (Å²) in [7, 11) is 1.52. The lowest BCUT2D eigenvalue weighted by atomic mass is 10.0. The number of benzene rings is 1. The molecule has 130 valence electrons. The van der Waals surface area contributed by atoms with Crippen molar-refractivity contribution in [2.24, 2.45) is 5.92 Å². The minimum absolute atomic E-state index is 0.00218. The van der Waals surface area contributed by atoms with Crippen molar-refractivity contribution in [2.45, 2.75) is 27.3 Å². The van der Waals surface area contributed by atoms with E-state index < -0.39 is 0 Å². The van der Waals surface area contributed by atoms with E-state index >= 15 is 0 Å². The molecule has 1 aromatic heterocycles. The zero-order valence-electron chi connectivity index (χ0n) is 14.7. The number of aromatic nitrogens is 2. The van der Waals surface area contributed by atoms with Crippen LogP contribution in [0.2, 0.25) is 5.15 Å². The van der Waals surface area contributed by atoms with Crippen LogP contribution in [0.4, 0.5) is 0 Å². The van der Waals surface area contributed by atoms with Crippen LogP contribution in [0.5, 0.6) is 5.75 Å². The maximum Gasteiger partial charge on any atom is 0.203 e. The summed E-state index contributed by atoms with van der Waals surface area (Å²) in [5, 5.41) is 14.3. The molecule has 5 nitrogen and oxygen atoms in total. The summed E-state index contributed by atoms with van der Waals surface area (Å²) in [6.45, 7) is 6.60. The first-order valence-electron chi connectivity index (χ1n) is 7.90. The molecule has 1 heterocycles. The van der Waals surface area contributed by atoms with Crippen molar-refractivity contribution in [3.8, 4) is 11.8 Å². The summed E-state index contributed by atoms with van der Waals surface area (Å²) in [6.07, 6.45) is 1.50. The minimum Gasteiger partial charge on any atom is -0.497 e. The van der Waals surface area contributed by atoms with Gasteiger partial charge in [0, 0.05) is 17.7 Å². The van der Waals surface area contributed by atoms with E-state index in [1.54, 1.807) is 35.9 Å². The lowest BCUT2D eigenvalue weighted by Gasteiger charge is -2.06. The van der Waals surface area contributed by atoms with Gasteiger partial charge in [-0.05, 0) is 31.1 Å². The normalized spacial score (nSPS) is 11.5. The zero-order chi connectivity index (χ0) is 18.6. The zero-order valence-corrected chi connectivity index (χ0v) is 15.5. The molecule has 1 aromatic carbocycles. The van der Waals surface area contributed by atoms with Gasteiger partial charge in [0.15, 0.2) is 0 Å². The van der Waals surface area contributed by atoms with Crippen molar-refractivity contribution in [1.29, 1.82) is 5.26 Å². The molecule has 0 bridgehead atoms. The Balaban J connectivity index is 2.42. The molecule has 0 spiro atoms. The Morgan fingerprint density at radius 2 is 2.20 bits per heavy atom. The predicted octanol–water partition coefficient (Wildman–Crippen LogP) is 4.30. The number of Topliss-reactive ketones (excluding diaryl/α,β-unsaturated/α-hetero) is 1. The van der Waals surface area contributed by atoms with Crippen molar-refractivity contribution in [1.82, 2.24) is 9.78 Å². The lowest BCUT2D eigenvalue weighted by Crippen LogP contribution is -2.06. The third-order valence-electron chi connectivity index (χ3n) is 3.63. The van der Waals surface area contributed by atoms with Crippen molar-refractivity contribution in [3.05, 3.63) is 51.8 Å². The number of ketones is 1. The van der Waals surface area contributed by atoms with E-state index in [2.05, 4.69) is 18.9 Å². The van der Waals surface area contributed by atoms with Crippen LogP contribution in [-0.2, 0) is 6.54 Å². The van der Waals surface area contributed by atoms with Gasteiger partial charge in [-0.2, -0.15) is 10.4 Å². The van der Waals surface area contributed by atoms with Crippen molar-refractivity contribution in [3.63, 3.8) is 0 Å². The Kier molecular flexibility index (Phi) is 6.00. The SMILES string of the molecule is COc1cccc(C(=O)/C(C#N)=C/c2c(C)nn(CC(C)C)c2Cl)c1. The number of allylic oxidation sites excluding steroid dienone is 1. The average Bonchev–Trinajstić information content (AvgIpc) is 2.85. The van der Waals surface area contributed by atoms with Crippen molar-refractivity contribution >= 4 is 23.5 Å². The average molecular weight is 358 g/mol. The first-order chi connectivity index (χ1) is 11.9. The molecule has 6 heteroatoms. The number of rotatable bonds is 6. The van der Waals surface area contributed by atoms with Gasteiger partial charge in [0.25, 0.3) is 0 Å². The van der Waals surface area contributed by atoms with Crippen LogP contribution in [0.25, 0.3) is 6.08 Å². The van der Waals surface area contributed by atoms with E-state index in [0.717, 1.165) is 0 Å². The van der Waals surface area contributed by atoms with Gasteiger partial charge in [-0.25, -0.2) is 0 Å². The van der Waals surface area contributed by atoms with E-state index in [1.165, 1.54) is 13.2 Å². The summed E-state index contributed by atoms with van der Waals surface area (Å²) in [5.74, 6) is 0.554. The number of aryl methyl sites for hydroxylation is 1. The first kappa shape index (κ1) is 18.8. The van der Waals surface area contributed by atoms with Crippen LogP contribution in [0.3, 0.4) is 0 Å². The Morgan fingerprint density at radius 1 is 1.48 bits per heavy atom. The number of hydrogen-bond donors (Lipinski definition) is 0. The van der Waals surface area contributed by atoms with Crippen LogP contribution < -0.4 is 4.74 Å². The highest BCUT2D eigenvalue weighted by Crippen LogP contribution is 2.25. The molecule has 2 aromatic rings. The number of carbonyl (C=O) groups is 1. The van der Waals surface area contributed by atoms with Crippen LogP contribution in [0.1, 0.15) is 35.5 Å². The van der Waals surface area contributed by atoms with Gasteiger partial charge in [-0.1, -0.05) is 37.6 Å². The Morgan fingerprint density at radius 3 is 2.80 bits per heavy atom. The maximum absolute atomic E-state index is 12.6. The van der Waals surface area contributed by atoms with Crippen LogP contribution in [0.15, 0.2) is 29.8 Å². The summed E-state index contributed by atoms with van der Waals surface area (Å²) in [5.41, 5.74) is 1.66. The molecule has 0 radical (unpaired) electrons. The number of nitriles is 1. The highest BCUT2D eigenvalue weighted by molar-refractivity contribution is 6.31. The van der Waals surface area contributed by atoms with E-state index in [1.807, 2.05) is 6.07 Å². The van der Waals surface area contributed by atoms with Gasteiger partial charge in [-0.15, -0.1) is 0 Å². The third-order valence-corrected chi connectivity index (χ3v) is 4.03. The van der Waals surface area contributed by atoms with E-state index in [4.69, 9.17) is 16.3 Å². The number of halogens is 1. The molecule has 0 aliphatic heterocycles. The number of methoxy groups -OCH3 is 1. The van der Waals surface area contributed by atoms with Crippen molar-refractivity contribution < 1.29 is 9.53 Å². The number of carbonyl (C=O) groups excluding carboxylic acids is 1. The minimum atomic E-state index is -0.381. The fourth-order valence-corrected chi connectivity index (χ4v) is 2.71. The third kappa shape index (κ3) is 4.28. The van der Waals surface area contributed by atoms with Gasteiger partial charge in [0.05, 0.1) is 12.8 Å². The molecule has 25 heavy (non-hydrogen) atoms. The molecule has 0 atom stereocenters. The molecule has 0 aliphatic carbocycles. The summed E-state index contributed by atoms with van der Waals surface area (Å²) >= 11 is 6.39. The van der Waals surface area contributed by atoms with Gasteiger partial charge < -0.3 is 4.74 Å². The Hall–Kier alpha value is -2.58. The summed E-state index contributed by atoms with van der Waals surface area (Å²) in [4.78, 5) is 12.6. The van der Waals surface area contributed by atoms with Crippen LogP contribution >= 0.6 is 11.6 Å². The Bertz CT molecular complexity index is 860. The second-order valence-electron chi connectivity index (χ2n) is 6.10. The van der Waals surface area contributed by atoms with Gasteiger partial charge in [0.1, 0.15) is 22.5 Å². The Labute approximate surface area is 152 Å². The lowest BCUT2D eigenvalue weighted by molar-refractivity contribution is 0.103. The van der Waals surface area contributed by atoms with Gasteiger partial charge in [0.2, 0.25) is 5.78 Å². The highest BCUT2D eigenvalue weighted by Gasteiger charge is 2.17. The molecular formula is C19H20ClN3O2. The van der Waals surface area contributed by atoms with Crippen LogP contribution in [0, 0.1) is 24.2 Å². The largest absolute Gasteiger partial charge is 0.497 e. The molecular weight excluding hydrogens is 338 g/mol. The molecule has 0 N–H and O–H groups in total. The molecule has 0 unspecified atom stereocenters. The second kappa shape index (κ2) is 8.00. The van der Waals surface area contributed by atoms with E-state index in [-0.39, 0.29) is 11.4 Å². The van der Waals surface area contributed by atoms with Gasteiger partial charge >= 0.3 is 0 Å². The molecule has 2 rings (SSSR count). The number of ether oxygens (including phenoxy) is 1. The van der Waals surface area contributed by atoms with E-state index in [0.29, 0.717) is 40.2 Å². The fraction of sp³-hybridized carbons (Fsp3) is 0.316. The van der Waals surface area contributed by atoms with Gasteiger partial charge in [-0.3, -0.25) is 9.48 Å². The maximum atomic E-state index is 12.6. The second-order valence-corrected chi connectivity index (χ2v) is 6.45. The quantitative estimate of drug-likeness (QED) is 0.439. The highest BCUT2D eigenvalue weighted by atomic mass is 35.5. The van der Waals surface area contributed by atoms with Crippen molar-refractivity contribution in [2.75, 3.05) is 7.11 Å². The standard InChI is InChI=1S/C19H20ClN3O2/c1-12(2)11-23-19(20)17(13(3)22-23)9-15(10-21)18(24)14-6-5-7-16(8-14)25-4/h5-9,12H,11H2,1-4H3/b15-9+. The number of hydrogen-bond acceptors (Lipinski definition) is 4. The summed E-state index contributed by atoms with van der Waals surface area (Å²) < 4.78 is 6.82.